The fourth-order valence-electron chi connectivity index (χ4n) is 4.28. The van der Waals surface area contributed by atoms with Gasteiger partial charge >= 0.3 is 0 Å². The Labute approximate surface area is 157 Å². The molecular formula is C22H32N2O2. The molecule has 1 N–H and O–H groups in total. The third-order valence-corrected chi connectivity index (χ3v) is 6.20. The highest BCUT2D eigenvalue weighted by atomic mass is 16.2. The SMILES string of the molecule is CCc1ccccc1NC(=O)C1CCC(C(=O)N2CCC(C)CC2)CC1. The molecule has 1 aliphatic heterocycles. The second-order valence-corrected chi connectivity index (χ2v) is 8.06. The molecule has 1 saturated carbocycles. The minimum absolute atomic E-state index is 0.0327. The Morgan fingerprint density at radius 3 is 2.27 bits per heavy atom. The van der Waals surface area contributed by atoms with Gasteiger partial charge in [0.15, 0.2) is 0 Å². The van der Waals surface area contributed by atoms with Crippen molar-refractivity contribution < 1.29 is 9.59 Å². The van der Waals surface area contributed by atoms with Crippen molar-refractivity contribution in [1.82, 2.24) is 4.90 Å². The van der Waals surface area contributed by atoms with Gasteiger partial charge in [-0.3, -0.25) is 9.59 Å². The van der Waals surface area contributed by atoms with E-state index in [-0.39, 0.29) is 17.7 Å². The highest BCUT2D eigenvalue weighted by molar-refractivity contribution is 5.93. The lowest BCUT2D eigenvalue weighted by molar-refractivity contribution is -0.139. The molecule has 26 heavy (non-hydrogen) atoms. The Morgan fingerprint density at radius 1 is 1.00 bits per heavy atom. The molecule has 0 aromatic heterocycles. The first-order valence-corrected chi connectivity index (χ1v) is 10.3. The first-order chi connectivity index (χ1) is 12.6. The summed E-state index contributed by atoms with van der Waals surface area (Å²) in [5.41, 5.74) is 2.10. The molecule has 3 rings (SSSR count). The second-order valence-electron chi connectivity index (χ2n) is 8.06. The maximum atomic E-state index is 12.7. The molecule has 1 aromatic carbocycles. The maximum absolute atomic E-state index is 12.7. The number of anilines is 1. The van der Waals surface area contributed by atoms with Gasteiger partial charge in [-0.05, 0) is 62.5 Å². The smallest absolute Gasteiger partial charge is 0.227 e. The van der Waals surface area contributed by atoms with Gasteiger partial charge in [0.1, 0.15) is 0 Å². The summed E-state index contributed by atoms with van der Waals surface area (Å²) >= 11 is 0. The minimum atomic E-state index is 0.0327. The highest BCUT2D eigenvalue weighted by Crippen LogP contribution is 2.32. The van der Waals surface area contributed by atoms with E-state index in [9.17, 15) is 9.59 Å². The zero-order valence-electron chi connectivity index (χ0n) is 16.2. The molecule has 142 valence electrons. The summed E-state index contributed by atoms with van der Waals surface area (Å²) in [7, 11) is 0. The van der Waals surface area contributed by atoms with Gasteiger partial charge in [-0.15, -0.1) is 0 Å². The van der Waals surface area contributed by atoms with Crippen molar-refractivity contribution in [3.8, 4) is 0 Å². The lowest BCUT2D eigenvalue weighted by atomic mass is 9.80. The van der Waals surface area contributed by atoms with Crippen molar-refractivity contribution in [2.24, 2.45) is 17.8 Å². The molecule has 1 heterocycles. The number of carbonyl (C=O) groups is 2. The van der Waals surface area contributed by atoms with Gasteiger partial charge in [-0.1, -0.05) is 32.0 Å². The summed E-state index contributed by atoms with van der Waals surface area (Å²) < 4.78 is 0. The lowest BCUT2D eigenvalue weighted by Crippen LogP contribution is -2.42. The van der Waals surface area contributed by atoms with E-state index < -0.39 is 0 Å². The van der Waals surface area contributed by atoms with Crippen molar-refractivity contribution in [2.75, 3.05) is 18.4 Å². The minimum Gasteiger partial charge on any atom is -0.342 e. The van der Waals surface area contributed by atoms with Crippen LogP contribution < -0.4 is 5.32 Å². The van der Waals surface area contributed by atoms with E-state index >= 15 is 0 Å². The standard InChI is InChI=1S/C22H32N2O2/c1-3-17-6-4-5-7-20(17)23-21(25)18-8-10-19(11-9-18)22(26)24-14-12-16(2)13-15-24/h4-7,16,18-19H,3,8-15H2,1-2H3,(H,23,25). The molecule has 0 unspecified atom stereocenters. The Kier molecular flexibility index (Phi) is 6.33. The third-order valence-electron chi connectivity index (χ3n) is 6.20. The molecular weight excluding hydrogens is 324 g/mol. The van der Waals surface area contributed by atoms with Crippen LogP contribution in [0.15, 0.2) is 24.3 Å². The number of hydrogen-bond acceptors (Lipinski definition) is 2. The molecule has 2 amide bonds. The van der Waals surface area contributed by atoms with Crippen LogP contribution in [0.25, 0.3) is 0 Å². The van der Waals surface area contributed by atoms with Gasteiger partial charge < -0.3 is 10.2 Å². The maximum Gasteiger partial charge on any atom is 0.227 e. The number of piperidine rings is 1. The number of amides is 2. The number of carbonyl (C=O) groups excluding carboxylic acids is 2. The average Bonchev–Trinajstić information content (AvgIpc) is 2.68. The normalized spacial score (nSPS) is 24.3. The van der Waals surface area contributed by atoms with E-state index in [0.717, 1.165) is 69.6 Å². The molecule has 4 heteroatoms. The number of likely N-dealkylation sites (tertiary alicyclic amines) is 1. The van der Waals surface area contributed by atoms with E-state index in [1.807, 2.05) is 18.2 Å². The summed E-state index contributed by atoms with van der Waals surface area (Å²) in [4.78, 5) is 27.4. The lowest BCUT2D eigenvalue weighted by Gasteiger charge is -2.35. The van der Waals surface area contributed by atoms with E-state index in [4.69, 9.17) is 0 Å². The van der Waals surface area contributed by atoms with Gasteiger partial charge in [0.05, 0.1) is 0 Å². The van der Waals surface area contributed by atoms with Crippen LogP contribution in [0, 0.1) is 17.8 Å². The van der Waals surface area contributed by atoms with E-state index in [1.54, 1.807) is 0 Å². The Balaban J connectivity index is 1.50. The van der Waals surface area contributed by atoms with Gasteiger partial charge in [0.25, 0.3) is 0 Å². The molecule has 0 spiro atoms. The van der Waals surface area contributed by atoms with Crippen LogP contribution >= 0.6 is 0 Å². The molecule has 0 bridgehead atoms. The second kappa shape index (κ2) is 8.70. The predicted molar refractivity (Wildman–Crippen MR) is 105 cm³/mol. The Morgan fingerprint density at radius 2 is 1.62 bits per heavy atom. The zero-order chi connectivity index (χ0) is 18.5. The van der Waals surface area contributed by atoms with Crippen LogP contribution in [-0.4, -0.2) is 29.8 Å². The monoisotopic (exact) mass is 356 g/mol. The van der Waals surface area contributed by atoms with Crippen molar-refractivity contribution >= 4 is 17.5 Å². The number of rotatable bonds is 4. The number of hydrogen-bond donors (Lipinski definition) is 1. The van der Waals surface area contributed by atoms with Crippen molar-refractivity contribution in [3.05, 3.63) is 29.8 Å². The molecule has 4 nitrogen and oxygen atoms in total. The summed E-state index contributed by atoms with van der Waals surface area (Å²) in [6.45, 7) is 6.19. The van der Waals surface area contributed by atoms with Gasteiger partial charge in [-0.2, -0.15) is 0 Å². The van der Waals surface area contributed by atoms with Gasteiger partial charge in [0.2, 0.25) is 11.8 Å². The largest absolute Gasteiger partial charge is 0.342 e. The Bertz CT molecular complexity index is 627. The highest BCUT2D eigenvalue weighted by Gasteiger charge is 2.33. The van der Waals surface area contributed by atoms with Crippen LogP contribution in [0.3, 0.4) is 0 Å². The van der Waals surface area contributed by atoms with E-state index in [1.165, 1.54) is 5.56 Å². The molecule has 1 aliphatic carbocycles. The number of nitrogens with zero attached hydrogens (tertiary/aromatic N) is 1. The van der Waals surface area contributed by atoms with Crippen LogP contribution in [0.4, 0.5) is 5.69 Å². The van der Waals surface area contributed by atoms with Crippen molar-refractivity contribution in [3.63, 3.8) is 0 Å². The fourth-order valence-corrected chi connectivity index (χ4v) is 4.28. The topological polar surface area (TPSA) is 49.4 Å². The zero-order valence-corrected chi connectivity index (χ0v) is 16.2. The molecule has 0 radical (unpaired) electrons. The Hall–Kier alpha value is -1.84. The predicted octanol–water partition coefficient (Wildman–Crippen LogP) is 4.25. The van der Waals surface area contributed by atoms with Crippen molar-refractivity contribution in [2.45, 2.75) is 58.8 Å². The summed E-state index contributed by atoms with van der Waals surface area (Å²) in [5.74, 6) is 1.33. The van der Waals surface area contributed by atoms with E-state index in [2.05, 4.69) is 30.1 Å². The fraction of sp³-hybridized carbons (Fsp3) is 0.636. The van der Waals surface area contributed by atoms with Crippen LogP contribution in [0.5, 0.6) is 0 Å². The molecule has 1 saturated heterocycles. The summed E-state index contributed by atoms with van der Waals surface area (Å²) in [6.07, 6.45) is 6.49. The average molecular weight is 357 g/mol. The third kappa shape index (κ3) is 4.46. The summed E-state index contributed by atoms with van der Waals surface area (Å²) in [6, 6.07) is 8.00. The number of aryl methyl sites for hydroxylation is 1. The molecule has 2 aliphatic rings. The number of benzene rings is 1. The molecule has 0 atom stereocenters. The van der Waals surface area contributed by atoms with Crippen molar-refractivity contribution in [1.29, 1.82) is 0 Å². The molecule has 1 aromatic rings. The summed E-state index contributed by atoms with van der Waals surface area (Å²) in [5, 5.41) is 3.11. The number of nitrogens with one attached hydrogen (secondary N) is 1. The van der Waals surface area contributed by atoms with Gasteiger partial charge in [0, 0.05) is 30.6 Å². The molecule has 2 fully saturated rings. The van der Waals surface area contributed by atoms with Crippen LogP contribution in [0.1, 0.15) is 57.9 Å². The van der Waals surface area contributed by atoms with Gasteiger partial charge in [-0.25, -0.2) is 0 Å². The first-order valence-electron chi connectivity index (χ1n) is 10.3. The number of para-hydroxylation sites is 1. The quantitative estimate of drug-likeness (QED) is 0.877. The van der Waals surface area contributed by atoms with Crippen LogP contribution in [-0.2, 0) is 16.0 Å². The van der Waals surface area contributed by atoms with E-state index in [0.29, 0.717) is 5.91 Å². The first kappa shape index (κ1) is 18.9. The van der Waals surface area contributed by atoms with Crippen LogP contribution in [0.2, 0.25) is 0 Å².